The number of rotatable bonds is 2. The Balaban J connectivity index is 1.61. The lowest BCUT2D eigenvalue weighted by atomic mass is 9.79. The Morgan fingerprint density at radius 1 is 1.09 bits per heavy atom. The number of nitrogens with two attached hydrogens (primary N) is 1. The number of nitrogen functional groups attached to an aromatic ring is 1. The predicted octanol–water partition coefficient (Wildman–Crippen LogP) is 4.41. The average Bonchev–Trinajstić information content (AvgIpc) is 2.49. The number of hydrogen-bond donors (Lipinski definition) is 1. The van der Waals surface area contributed by atoms with E-state index < -0.39 is 0 Å². The molecular formula is C20H23BrN2. The van der Waals surface area contributed by atoms with Gasteiger partial charge in [0.2, 0.25) is 0 Å². The summed E-state index contributed by atoms with van der Waals surface area (Å²) in [5, 5.41) is 0. The zero-order valence-electron chi connectivity index (χ0n) is 13.3. The summed E-state index contributed by atoms with van der Waals surface area (Å²) >= 11 is 3.59. The van der Waals surface area contributed by atoms with Crippen LogP contribution >= 0.6 is 15.9 Å². The SMILES string of the molecule is Nc1cccc2c1CC1CCC(C2)CN1Cc1cccc(Br)c1. The molecule has 0 radical (unpaired) electrons. The zero-order valence-corrected chi connectivity index (χ0v) is 14.9. The second kappa shape index (κ2) is 6.29. The minimum Gasteiger partial charge on any atom is -0.398 e. The Labute approximate surface area is 146 Å². The van der Waals surface area contributed by atoms with Crippen LogP contribution in [0.25, 0.3) is 0 Å². The molecule has 0 spiro atoms. The summed E-state index contributed by atoms with van der Waals surface area (Å²) in [5.74, 6) is 0.763. The van der Waals surface area contributed by atoms with Crippen LogP contribution in [0.5, 0.6) is 0 Å². The number of halogens is 1. The van der Waals surface area contributed by atoms with Gasteiger partial charge in [-0.05, 0) is 66.5 Å². The Morgan fingerprint density at radius 3 is 2.83 bits per heavy atom. The minimum atomic E-state index is 0.619. The quantitative estimate of drug-likeness (QED) is 0.793. The minimum absolute atomic E-state index is 0.619. The number of hydrogen-bond acceptors (Lipinski definition) is 2. The third-order valence-corrected chi connectivity index (χ3v) is 5.94. The van der Waals surface area contributed by atoms with Crippen LogP contribution in [0.4, 0.5) is 5.69 Å². The molecule has 2 heterocycles. The first kappa shape index (κ1) is 15.2. The highest BCUT2D eigenvalue weighted by molar-refractivity contribution is 9.10. The maximum atomic E-state index is 6.29. The summed E-state index contributed by atoms with van der Waals surface area (Å²) < 4.78 is 1.17. The van der Waals surface area contributed by atoms with Crippen LogP contribution in [-0.2, 0) is 19.4 Å². The van der Waals surface area contributed by atoms with Crippen LogP contribution in [0.15, 0.2) is 46.9 Å². The van der Waals surface area contributed by atoms with Crippen molar-refractivity contribution < 1.29 is 0 Å². The first-order chi connectivity index (χ1) is 11.2. The van der Waals surface area contributed by atoms with E-state index in [0.29, 0.717) is 6.04 Å². The lowest BCUT2D eigenvalue weighted by Crippen LogP contribution is -2.46. The number of piperidine rings is 1. The van der Waals surface area contributed by atoms with Gasteiger partial charge in [-0.25, -0.2) is 0 Å². The van der Waals surface area contributed by atoms with E-state index in [-0.39, 0.29) is 0 Å². The Hall–Kier alpha value is -1.32. The molecular weight excluding hydrogens is 348 g/mol. The molecule has 1 aliphatic carbocycles. The lowest BCUT2D eigenvalue weighted by molar-refractivity contribution is 0.0939. The molecule has 2 N–H and O–H groups in total. The van der Waals surface area contributed by atoms with Crippen molar-refractivity contribution in [1.82, 2.24) is 4.90 Å². The first-order valence-electron chi connectivity index (χ1n) is 8.54. The second-order valence-electron chi connectivity index (χ2n) is 7.05. The summed E-state index contributed by atoms with van der Waals surface area (Å²) in [6, 6.07) is 15.8. The Kier molecular flexibility index (Phi) is 4.16. The van der Waals surface area contributed by atoms with Gasteiger partial charge in [-0.2, -0.15) is 0 Å². The van der Waals surface area contributed by atoms with E-state index in [9.17, 15) is 0 Å². The maximum Gasteiger partial charge on any atom is 0.0349 e. The van der Waals surface area contributed by atoms with Gasteiger partial charge in [0.1, 0.15) is 0 Å². The molecule has 3 heteroatoms. The average molecular weight is 371 g/mol. The smallest absolute Gasteiger partial charge is 0.0349 e. The fourth-order valence-corrected chi connectivity index (χ4v) is 4.73. The topological polar surface area (TPSA) is 29.3 Å². The van der Waals surface area contributed by atoms with Gasteiger partial charge < -0.3 is 5.73 Å². The molecule has 1 fully saturated rings. The van der Waals surface area contributed by atoms with Crippen LogP contribution < -0.4 is 5.73 Å². The molecule has 1 saturated heterocycles. The molecule has 2 aromatic carbocycles. The fourth-order valence-electron chi connectivity index (χ4n) is 4.29. The van der Waals surface area contributed by atoms with Crippen molar-refractivity contribution in [2.45, 2.75) is 38.3 Å². The van der Waals surface area contributed by atoms with E-state index in [2.05, 4.69) is 63.3 Å². The fraction of sp³-hybridized carbons (Fsp3) is 0.400. The standard InChI is InChI=1S/C20H23BrN2/c21-17-5-1-3-14(10-17)12-23-13-15-7-8-18(23)11-19-16(9-15)4-2-6-20(19)22/h1-6,10,15,18H,7-9,11-13,22H2. The Bertz CT molecular complexity index is 713. The molecule has 3 aliphatic rings. The van der Waals surface area contributed by atoms with Gasteiger partial charge in [0.15, 0.2) is 0 Å². The van der Waals surface area contributed by atoms with Gasteiger partial charge in [-0.1, -0.05) is 40.2 Å². The van der Waals surface area contributed by atoms with Crippen molar-refractivity contribution in [3.8, 4) is 0 Å². The van der Waals surface area contributed by atoms with Crippen molar-refractivity contribution >= 4 is 21.6 Å². The van der Waals surface area contributed by atoms with Crippen molar-refractivity contribution in [3.05, 3.63) is 63.6 Å². The molecule has 0 aromatic heterocycles. The predicted molar refractivity (Wildman–Crippen MR) is 99.3 cm³/mol. The summed E-state index contributed by atoms with van der Waals surface area (Å²) in [6.07, 6.45) is 4.94. The number of benzene rings is 2. The molecule has 2 aromatic rings. The third kappa shape index (κ3) is 3.17. The lowest BCUT2D eigenvalue weighted by Gasteiger charge is -2.42. The van der Waals surface area contributed by atoms with Crippen molar-refractivity contribution in [2.24, 2.45) is 5.92 Å². The van der Waals surface area contributed by atoms with E-state index in [0.717, 1.165) is 24.6 Å². The highest BCUT2D eigenvalue weighted by atomic mass is 79.9. The number of anilines is 1. The highest BCUT2D eigenvalue weighted by Gasteiger charge is 2.32. The van der Waals surface area contributed by atoms with Crippen molar-refractivity contribution in [3.63, 3.8) is 0 Å². The first-order valence-corrected chi connectivity index (χ1v) is 9.33. The van der Waals surface area contributed by atoms with Gasteiger partial charge in [-0.15, -0.1) is 0 Å². The molecule has 2 nitrogen and oxygen atoms in total. The van der Waals surface area contributed by atoms with E-state index in [1.165, 1.54) is 47.0 Å². The number of nitrogens with zero attached hydrogens (tertiary/aromatic N) is 1. The van der Waals surface area contributed by atoms with Crippen LogP contribution in [0, 0.1) is 5.92 Å². The molecule has 0 saturated carbocycles. The molecule has 120 valence electrons. The molecule has 2 bridgehead atoms. The highest BCUT2D eigenvalue weighted by Crippen LogP contribution is 2.35. The van der Waals surface area contributed by atoms with Gasteiger partial charge >= 0.3 is 0 Å². The van der Waals surface area contributed by atoms with Crippen LogP contribution in [0.3, 0.4) is 0 Å². The van der Waals surface area contributed by atoms with Crippen LogP contribution in [0.1, 0.15) is 29.5 Å². The summed E-state index contributed by atoms with van der Waals surface area (Å²) in [5.41, 5.74) is 11.6. The van der Waals surface area contributed by atoms with Crippen molar-refractivity contribution in [1.29, 1.82) is 0 Å². The summed E-state index contributed by atoms with van der Waals surface area (Å²) in [7, 11) is 0. The molecule has 2 aliphatic heterocycles. The van der Waals surface area contributed by atoms with Gasteiger partial charge in [0.25, 0.3) is 0 Å². The Morgan fingerprint density at radius 2 is 1.96 bits per heavy atom. The van der Waals surface area contributed by atoms with Gasteiger partial charge in [0, 0.05) is 29.3 Å². The number of fused-ring (bicyclic) bond motifs is 2. The molecule has 0 amide bonds. The maximum absolute atomic E-state index is 6.29. The molecule has 5 rings (SSSR count). The van der Waals surface area contributed by atoms with Gasteiger partial charge in [0.05, 0.1) is 0 Å². The van der Waals surface area contributed by atoms with Crippen molar-refractivity contribution in [2.75, 3.05) is 12.3 Å². The molecule has 2 atom stereocenters. The van der Waals surface area contributed by atoms with E-state index in [4.69, 9.17) is 5.73 Å². The summed E-state index contributed by atoms with van der Waals surface area (Å²) in [4.78, 5) is 2.69. The second-order valence-corrected chi connectivity index (χ2v) is 7.97. The van der Waals surface area contributed by atoms with Gasteiger partial charge in [-0.3, -0.25) is 4.90 Å². The normalized spacial score (nSPS) is 24.0. The van der Waals surface area contributed by atoms with E-state index in [1.807, 2.05) is 0 Å². The largest absolute Gasteiger partial charge is 0.398 e. The molecule has 2 unspecified atom stereocenters. The van der Waals surface area contributed by atoms with E-state index >= 15 is 0 Å². The monoisotopic (exact) mass is 370 g/mol. The van der Waals surface area contributed by atoms with E-state index in [1.54, 1.807) is 0 Å². The van der Waals surface area contributed by atoms with Crippen LogP contribution in [-0.4, -0.2) is 17.5 Å². The van der Waals surface area contributed by atoms with Crippen LogP contribution in [0.2, 0.25) is 0 Å². The zero-order chi connectivity index (χ0) is 15.8. The third-order valence-electron chi connectivity index (χ3n) is 5.45. The summed E-state index contributed by atoms with van der Waals surface area (Å²) in [6.45, 7) is 2.26. The molecule has 23 heavy (non-hydrogen) atoms.